The number of pyridine rings is 1. The van der Waals surface area contributed by atoms with Crippen molar-refractivity contribution >= 4 is 6.03 Å². The van der Waals surface area contributed by atoms with Crippen molar-refractivity contribution in [3.63, 3.8) is 0 Å². The Labute approximate surface area is 148 Å². The van der Waals surface area contributed by atoms with Crippen LogP contribution in [-0.4, -0.2) is 33.6 Å². The van der Waals surface area contributed by atoms with Crippen LogP contribution in [-0.2, 0) is 13.0 Å². The molecule has 1 aromatic carbocycles. The fraction of sp³-hybridized carbons (Fsp3) is 0.400. The van der Waals surface area contributed by atoms with Crippen molar-refractivity contribution in [3.05, 3.63) is 59.9 Å². The van der Waals surface area contributed by atoms with Crippen LogP contribution < -0.4 is 5.32 Å². The van der Waals surface area contributed by atoms with Crippen LogP contribution in [0.25, 0.3) is 0 Å². The zero-order valence-corrected chi connectivity index (χ0v) is 14.4. The average molecular weight is 339 g/mol. The molecular weight excluding hydrogens is 314 g/mol. The van der Waals surface area contributed by atoms with E-state index in [0.717, 1.165) is 37.9 Å². The molecule has 1 aliphatic rings. The number of nitrogens with one attached hydrogen (secondary N) is 1. The maximum Gasteiger partial charge on any atom is 0.317 e. The molecule has 1 fully saturated rings. The van der Waals surface area contributed by atoms with E-state index >= 15 is 0 Å². The predicted molar refractivity (Wildman–Crippen MR) is 97.2 cm³/mol. The van der Waals surface area contributed by atoms with Gasteiger partial charge < -0.3 is 15.3 Å². The van der Waals surface area contributed by atoms with Gasteiger partial charge in [0, 0.05) is 18.8 Å². The molecule has 3 rings (SSSR count). The molecule has 2 aromatic rings. The SMILES string of the molecule is O=C(NCc1ccccn1)N1CCCC[C@H]1CCc1ccc(O)cc1. The number of phenolic OH excluding ortho intramolecular Hbond substituents is 1. The Morgan fingerprint density at radius 2 is 2.04 bits per heavy atom. The van der Waals surface area contributed by atoms with Crippen LogP contribution in [0.4, 0.5) is 4.79 Å². The van der Waals surface area contributed by atoms with Crippen LogP contribution in [0.1, 0.15) is 36.9 Å². The molecular formula is C20H25N3O2. The minimum absolute atomic E-state index is 0.000981. The van der Waals surface area contributed by atoms with E-state index in [1.165, 1.54) is 12.0 Å². The number of nitrogens with zero attached hydrogens (tertiary/aromatic N) is 2. The summed E-state index contributed by atoms with van der Waals surface area (Å²) in [6.07, 6.45) is 6.88. The molecule has 5 heteroatoms. The molecule has 25 heavy (non-hydrogen) atoms. The summed E-state index contributed by atoms with van der Waals surface area (Å²) < 4.78 is 0. The zero-order chi connectivity index (χ0) is 17.5. The van der Waals surface area contributed by atoms with Gasteiger partial charge >= 0.3 is 6.03 Å². The van der Waals surface area contributed by atoms with Crippen LogP contribution in [0.15, 0.2) is 48.7 Å². The average Bonchev–Trinajstić information content (AvgIpc) is 2.67. The summed E-state index contributed by atoms with van der Waals surface area (Å²) in [7, 11) is 0. The Bertz CT molecular complexity index is 673. The summed E-state index contributed by atoms with van der Waals surface area (Å²) in [6.45, 7) is 1.27. The smallest absolute Gasteiger partial charge is 0.317 e. The Hall–Kier alpha value is -2.56. The summed E-state index contributed by atoms with van der Waals surface area (Å²) in [5.74, 6) is 0.289. The van der Waals surface area contributed by atoms with Crippen molar-refractivity contribution in [1.82, 2.24) is 15.2 Å². The van der Waals surface area contributed by atoms with E-state index in [1.807, 2.05) is 35.2 Å². The molecule has 1 aliphatic heterocycles. The molecule has 132 valence electrons. The number of hydrogen-bond donors (Lipinski definition) is 2. The molecule has 0 radical (unpaired) electrons. The molecule has 2 amide bonds. The lowest BCUT2D eigenvalue weighted by Gasteiger charge is -2.36. The molecule has 5 nitrogen and oxygen atoms in total. The van der Waals surface area contributed by atoms with Gasteiger partial charge in [-0.05, 0) is 61.9 Å². The lowest BCUT2D eigenvalue weighted by atomic mass is 9.96. The van der Waals surface area contributed by atoms with E-state index in [2.05, 4.69) is 10.3 Å². The normalized spacial score (nSPS) is 17.3. The predicted octanol–water partition coefficient (Wildman–Crippen LogP) is 3.48. The maximum absolute atomic E-state index is 12.6. The zero-order valence-electron chi connectivity index (χ0n) is 14.4. The van der Waals surface area contributed by atoms with E-state index in [9.17, 15) is 9.90 Å². The molecule has 0 aliphatic carbocycles. The second kappa shape index (κ2) is 8.51. The quantitative estimate of drug-likeness (QED) is 0.876. The Kier molecular flexibility index (Phi) is 5.88. The molecule has 0 bridgehead atoms. The van der Waals surface area contributed by atoms with Crippen molar-refractivity contribution in [2.75, 3.05) is 6.54 Å². The highest BCUT2D eigenvalue weighted by atomic mass is 16.3. The maximum atomic E-state index is 12.6. The van der Waals surface area contributed by atoms with Crippen LogP contribution in [0.5, 0.6) is 5.75 Å². The van der Waals surface area contributed by atoms with E-state index in [0.29, 0.717) is 6.54 Å². The number of aromatic hydroxyl groups is 1. The summed E-state index contributed by atoms with van der Waals surface area (Å²) in [4.78, 5) is 18.8. The second-order valence-electron chi connectivity index (χ2n) is 6.53. The molecule has 0 unspecified atom stereocenters. The van der Waals surface area contributed by atoms with Gasteiger partial charge in [0.15, 0.2) is 0 Å². The van der Waals surface area contributed by atoms with Gasteiger partial charge in [0.2, 0.25) is 0 Å². The highest BCUT2D eigenvalue weighted by molar-refractivity contribution is 5.74. The molecule has 1 aromatic heterocycles. The van der Waals surface area contributed by atoms with Gasteiger partial charge in [0.25, 0.3) is 0 Å². The number of phenols is 1. The minimum Gasteiger partial charge on any atom is -0.508 e. The number of carbonyl (C=O) groups is 1. The van der Waals surface area contributed by atoms with Crippen molar-refractivity contribution in [3.8, 4) is 5.75 Å². The number of rotatable bonds is 5. The van der Waals surface area contributed by atoms with Gasteiger partial charge in [-0.3, -0.25) is 4.98 Å². The molecule has 1 saturated heterocycles. The van der Waals surface area contributed by atoms with Crippen molar-refractivity contribution in [2.24, 2.45) is 0 Å². The molecule has 2 heterocycles. The monoisotopic (exact) mass is 339 g/mol. The largest absolute Gasteiger partial charge is 0.508 e. The summed E-state index contributed by atoms with van der Waals surface area (Å²) >= 11 is 0. The van der Waals surface area contributed by atoms with Gasteiger partial charge in [-0.15, -0.1) is 0 Å². The van der Waals surface area contributed by atoms with E-state index in [4.69, 9.17) is 0 Å². The van der Waals surface area contributed by atoms with Crippen LogP contribution in [0.2, 0.25) is 0 Å². The van der Waals surface area contributed by atoms with Crippen molar-refractivity contribution < 1.29 is 9.90 Å². The number of piperidine rings is 1. The number of aromatic nitrogens is 1. The number of benzene rings is 1. The Balaban J connectivity index is 1.54. The lowest BCUT2D eigenvalue weighted by Crippen LogP contribution is -2.48. The Morgan fingerprint density at radius 1 is 1.20 bits per heavy atom. The molecule has 2 N–H and O–H groups in total. The highest BCUT2D eigenvalue weighted by Crippen LogP contribution is 2.22. The number of urea groups is 1. The standard InChI is InChI=1S/C20H25N3O2/c24-19-11-8-16(9-12-19)7-10-18-6-2-4-14-23(18)20(25)22-15-17-5-1-3-13-21-17/h1,3,5,8-9,11-13,18,24H,2,4,6-7,10,14-15H2,(H,22,25)/t18-/m0/s1. The second-order valence-corrected chi connectivity index (χ2v) is 6.53. The van der Waals surface area contributed by atoms with Gasteiger partial charge in [0.05, 0.1) is 12.2 Å². The molecule has 1 atom stereocenters. The first kappa shape index (κ1) is 17.3. The van der Waals surface area contributed by atoms with E-state index < -0.39 is 0 Å². The number of aryl methyl sites for hydroxylation is 1. The van der Waals surface area contributed by atoms with Crippen molar-refractivity contribution in [2.45, 2.75) is 44.7 Å². The minimum atomic E-state index is 0.000981. The highest BCUT2D eigenvalue weighted by Gasteiger charge is 2.26. The number of likely N-dealkylation sites (tertiary alicyclic amines) is 1. The summed E-state index contributed by atoms with van der Waals surface area (Å²) in [5.41, 5.74) is 2.06. The van der Waals surface area contributed by atoms with Gasteiger partial charge in [-0.2, -0.15) is 0 Å². The summed E-state index contributed by atoms with van der Waals surface area (Å²) in [6, 6.07) is 13.3. The topological polar surface area (TPSA) is 65.5 Å². The Morgan fingerprint density at radius 3 is 2.80 bits per heavy atom. The molecule has 0 spiro atoms. The number of amides is 2. The first-order valence-corrected chi connectivity index (χ1v) is 8.94. The van der Waals surface area contributed by atoms with Crippen molar-refractivity contribution in [1.29, 1.82) is 0 Å². The van der Waals surface area contributed by atoms with Crippen LogP contribution in [0, 0.1) is 0 Å². The third kappa shape index (κ3) is 4.95. The van der Waals surface area contributed by atoms with E-state index in [-0.39, 0.29) is 17.8 Å². The first-order valence-electron chi connectivity index (χ1n) is 8.94. The fourth-order valence-corrected chi connectivity index (χ4v) is 3.33. The van der Waals surface area contributed by atoms with Crippen LogP contribution >= 0.6 is 0 Å². The van der Waals surface area contributed by atoms with Gasteiger partial charge in [-0.1, -0.05) is 18.2 Å². The molecule has 0 saturated carbocycles. The fourth-order valence-electron chi connectivity index (χ4n) is 3.33. The number of hydrogen-bond acceptors (Lipinski definition) is 3. The summed E-state index contributed by atoms with van der Waals surface area (Å²) in [5, 5.41) is 12.4. The third-order valence-corrected chi connectivity index (χ3v) is 4.74. The lowest BCUT2D eigenvalue weighted by molar-refractivity contribution is 0.146. The van der Waals surface area contributed by atoms with Gasteiger partial charge in [-0.25, -0.2) is 4.79 Å². The third-order valence-electron chi connectivity index (χ3n) is 4.74. The first-order chi connectivity index (χ1) is 12.2. The van der Waals surface area contributed by atoms with Gasteiger partial charge in [0.1, 0.15) is 5.75 Å². The van der Waals surface area contributed by atoms with E-state index in [1.54, 1.807) is 18.3 Å². The number of carbonyl (C=O) groups excluding carboxylic acids is 1. The van der Waals surface area contributed by atoms with Crippen LogP contribution in [0.3, 0.4) is 0 Å².